The zero-order chi connectivity index (χ0) is 17.6. The molecule has 3 unspecified atom stereocenters. The summed E-state index contributed by atoms with van der Waals surface area (Å²) in [7, 11) is 0. The molecule has 3 aliphatic rings. The number of hydrogen-bond donors (Lipinski definition) is 3. The first kappa shape index (κ1) is 21.8. The predicted octanol–water partition coefficient (Wildman–Crippen LogP) is 0.00280. The lowest BCUT2D eigenvalue weighted by Crippen LogP contribution is -2.47. The van der Waals surface area contributed by atoms with Gasteiger partial charge in [-0.15, -0.1) is 0 Å². The Labute approximate surface area is 147 Å². The average Bonchev–Trinajstić information content (AvgIpc) is 2.64. The molecule has 3 saturated heterocycles. The molecule has 3 rings (SSSR count). The number of nitrogens with two attached hydrogens (primary N) is 1. The van der Waals surface area contributed by atoms with Crippen LogP contribution in [-0.2, 0) is 14.2 Å². The largest absolute Gasteiger partial charge is 0.379 e. The smallest absolute Gasteiger partial charge is 0.0675 e. The Bertz CT molecular complexity index is 267. The monoisotopic (exact) mass is 346 g/mol. The van der Waals surface area contributed by atoms with Gasteiger partial charge in [0.2, 0.25) is 0 Å². The molecule has 0 spiro atoms. The first-order valence-corrected chi connectivity index (χ1v) is 9.35. The van der Waals surface area contributed by atoms with Gasteiger partial charge in [-0.1, -0.05) is 6.92 Å². The maximum absolute atomic E-state index is 5.82. The summed E-state index contributed by atoms with van der Waals surface area (Å²) in [5.74, 6) is 0. The van der Waals surface area contributed by atoms with Gasteiger partial charge in [0.15, 0.2) is 0 Å². The molecule has 0 aromatic carbocycles. The Morgan fingerprint density at radius 1 is 0.958 bits per heavy atom. The molecule has 3 fully saturated rings. The Morgan fingerprint density at radius 3 is 1.83 bits per heavy atom. The van der Waals surface area contributed by atoms with E-state index in [1.807, 2.05) is 0 Å². The maximum atomic E-state index is 5.82. The zero-order valence-corrected chi connectivity index (χ0v) is 15.8. The third-order valence-corrected chi connectivity index (χ3v) is 4.11. The van der Waals surface area contributed by atoms with E-state index >= 15 is 0 Å². The Kier molecular flexibility index (Phi) is 12.6. The van der Waals surface area contributed by atoms with Crippen molar-refractivity contribution in [1.29, 1.82) is 0 Å². The van der Waals surface area contributed by atoms with Crippen molar-refractivity contribution < 1.29 is 14.2 Å². The van der Waals surface area contributed by atoms with Crippen molar-refractivity contribution in [3.8, 4) is 0 Å². The van der Waals surface area contributed by atoms with Gasteiger partial charge in [-0.05, 0) is 20.3 Å². The van der Waals surface area contributed by atoms with E-state index in [9.17, 15) is 0 Å². The highest BCUT2D eigenvalue weighted by Crippen LogP contribution is 2.01. The van der Waals surface area contributed by atoms with E-state index in [1.165, 1.54) is 0 Å². The fourth-order valence-electron chi connectivity index (χ4n) is 2.67. The molecule has 3 heterocycles. The Hall–Kier alpha value is -0.280. The molecule has 3 aliphatic heterocycles. The minimum atomic E-state index is 0.240. The number of nitrogens with one attached hydrogen (secondary N) is 2. The van der Waals surface area contributed by atoms with Crippen molar-refractivity contribution in [1.82, 2.24) is 15.5 Å². The maximum Gasteiger partial charge on any atom is 0.0675 e. The van der Waals surface area contributed by atoms with E-state index in [-0.39, 0.29) is 6.17 Å². The summed E-state index contributed by atoms with van der Waals surface area (Å²) in [6.07, 6.45) is 2.07. The lowest BCUT2D eigenvalue weighted by Gasteiger charge is -2.31. The third kappa shape index (κ3) is 10.6. The summed E-state index contributed by atoms with van der Waals surface area (Å²) in [6, 6.07) is 0. The minimum Gasteiger partial charge on any atom is -0.379 e. The first-order valence-electron chi connectivity index (χ1n) is 9.35. The van der Waals surface area contributed by atoms with E-state index in [0.29, 0.717) is 12.2 Å². The molecule has 0 amide bonds. The second-order valence-corrected chi connectivity index (χ2v) is 6.40. The summed E-state index contributed by atoms with van der Waals surface area (Å²) in [6.45, 7) is 15.8. The lowest BCUT2D eigenvalue weighted by molar-refractivity contribution is -0.0166. The molecule has 0 radical (unpaired) electrons. The lowest BCUT2D eigenvalue weighted by atomic mass is 10.3. The zero-order valence-electron chi connectivity index (χ0n) is 15.8. The highest BCUT2D eigenvalue weighted by atomic mass is 16.5. The second kappa shape index (κ2) is 13.9. The Balaban J connectivity index is 0.000000186. The van der Waals surface area contributed by atoms with Gasteiger partial charge in [0.05, 0.1) is 44.8 Å². The number of nitrogens with zero attached hydrogens (tertiary/aromatic N) is 1. The van der Waals surface area contributed by atoms with Gasteiger partial charge < -0.3 is 30.6 Å². The molecule has 7 nitrogen and oxygen atoms in total. The van der Waals surface area contributed by atoms with Gasteiger partial charge in [0.1, 0.15) is 0 Å². The summed E-state index contributed by atoms with van der Waals surface area (Å²) in [4.78, 5) is 2.27. The fourth-order valence-corrected chi connectivity index (χ4v) is 2.67. The van der Waals surface area contributed by atoms with E-state index in [1.54, 1.807) is 0 Å². The van der Waals surface area contributed by atoms with Crippen molar-refractivity contribution >= 4 is 0 Å². The van der Waals surface area contributed by atoms with E-state index in [4.69, 9.17) is 19.9 Å². The first-order chi connectivity index (χ1) is 11.6. The predicted molar refractivity (Wildman–Crippen MR) is 97.2 cm³/mol. The van der Waals surface area contributed by atoms with Gasteiger partial charge in [0.25, 0.3) is 0 Å². The number of ether oxygens (including phenoxy) is 3. The van der Waals surface area contributed by atoms with Crippen LogP contribution in [0.5, 0.6) is 0 Å². The second-order valence-electron chi connectivity index (χ2n) is 6.40. The van der Waals surface area contributed by atoms with Crippen LogP contribution in [-0.4, -0.2) is 89.0 Å². The van der Waals surface area contributed by atoms with Crippen LogP contribution in [0.2, 0.25) is 0 Å². The van der Waals surface area contributed by atoms with Gasteiger partial charge in [-0.2, -0.15) is 0 Å². The SMILES string of the molecule is C1COCCN1.CC1CNCC(C)O1.CCC(N)N1CCOCC1. The number of hydrogen-bond acceptors (Lipinski definition) is 7. The average molecular weight is 347 g/mol. The summed E-state index contributed by atoms with van der Waals surface area (Å²) in [5.41, 5.74) is 5.82. The number of rotatable bonds is 2. The van der Waals surface area contributed by atoms with E-state index in [2.05, 4.69) is 36.3 Å². The van der Waals surface area contributed by atoms with Crippen molar-refractivity contribution in [2.75, 3.05) is 65.7 Å². The van der Waals surface area contributed by atoms with Crippen LogP contribution in [0.15, 0.2) is 0 Å². The van der Waals surface area contributed by atoms with Crippen molar-refractivity contribution in [3.05, 3.63) is 0 Å². The topological polar surface area (TPSA) is 81.0 Å². The van der Waals surface area contributed by atoms with Crippen molar-refractivity contribution in [2.24, 2.45) is 5.73 Å². The molecular formula is C17H38N4O3. The molecule has 0 aromatic rings. The molecule has 7 heteroatoms. The molecule has 24 heavy (non-hydrogen) atoms. The van der Waals surface area contributed by atoms with Crippen molar-refractivity contribution in [2.45, 2.75) is 45.6 Å². The van der Waals surface area contributed by atoms with Gasteiger partial charge in [-0.3, -0.25) is 4.90 Å². The van der Waals surface area contributed by atoms with Crippen LogP contribution < -0.4 is 16.4 Å². The molecule has 3 atom stereocenters. The van der Waals surface area contributed by atoms with Crippen LogP contribution in [0.25, 0.3) is 0 Å². The van der Waals surface area contributed by atoms with E-state index < -0.39 is 0 Å². The third-order valence-electron chi connectivity index (χ3n) is 4.11. The number of morpholine rings is 3. The highest BCUT2D eigenvalue weighted by Gasteiger charge is 2.15. The molecule has 0 aromatic heterocycles. The normalized spacial score (nSPS) is 29.5. The van der Waals surface area contributed by atoms with Gasteiger partial charge >= 0.3 is 0 Å². The fraction of sp³-hybridized carbons (Fsp3) is 1.00. The summed E-state index contributed by atoms with van der Waals surface area (Å²) < 4.78 is 15.6. The van der Waals surface area contributed by atoms with Crippen LogP contribution in [0.1, 0.15) is 27.2 Å². The summed E-state index contributed by atoms with van der Waals surface area (Å²) in [5, 5.41) is 6.42. The van der Waals surface area contributed by atoms with Crippen LogP contribution in [0, 0.1) is 0 Å². The van der Waals surface area contributed by atoms with Crippen molar-refractivity contribution in [3.63, 3.8) is 0 Å². The quantitative estimate of drug-likeness (QED) is 0.649. The van der Waals surface area contributed by atoms with Gasteiger partial charge in [-0.25, -0.2) is 0 Å². The molecular weight excluding hydrogens is 308 g/mol. The molecule has 0 aliphatic carbocycles. The molecule has 0 bridgehead atoms. The summed E-state index contributed by atoms with van der Waals surface area (Å²) >= 11 is 0. The van der Waals surface area contributed by atoms with Crippen LogP contribution in [0.4, 0.5) is 0 Å². The van der Waals surface area contributed by atoms with Gasteiger partial charge in [0, 0.05) is 39.3 Å². The minimum absolute atomic E-state index is 0.240. The standard InChI is InChI=1S/C7H16N2O.C6H13NO.C4H9NO/c1-2-7(8)9-3-5-10-6-4-9;1-5-3-7-4-6(2)8-5;1-3-6-4-2-5-1/h7H,2-6,8H2,1H3;5-7H,3-4H2,1-2H3;5H,1-4H2. The van der Waals surface area contributed by atoms with E-state index in [0.717, 1.165) is 72.1 Å². The molecule has 144 valence electrons. The molecule has 0 saturated carbocycles. The molecule has 4 N–H and O–H groups in total. The van der Waals surface area contributed by atoms with Crippen LogP contribution >= 0.6 is 0 Å². The van der Waals surface area contributed by atoms with Crippen LogP contribution in [0.3, 0.4) is 0 Å². The Morgan fingerprint density at radius 2 is 1.50 bits per heavy atom. The highest BCUT2D eigenvalue weighted by molar-refractivity contribution is 4.67.